The Balaban J connectivity index is 1.34. The Kier molecular flexibility index (Phi) is 8.32. The number of imide groups is 2. The molecule has 0 unspecified atom stereocenters. The first-order valence-corrected chi connectivity index (χ1v) is 17.6. The van der Waals surface area contributed by atoms with Crippen molar-refractivity contribution in [3.63, 3.8) is 0 Å². The van der Waals surface area contributed by atoms with Crippen molar-refractivity contribution in [1.82, 2.24) is 0 Å². The molecule has 2 aliphatic carbocycles. The number of hydrogen-bond donors (Lipinski definition) is 3. The number of carbonyl (C=O) groups excluding carboxylic acids is 4. The summed E-state index contributed by atoms with van der Waals surface area (Å²) in [6.07, 6.45) is 2.27. The molecular weight excluding hydrogens is 683 g/mol. The van der Waals surface area contributed by atoms with Crippen molar-refractivity contribution < 1.29 is 39.1 Å². The molecule has 1 saturated carbocycles. The van der Waals surface area contributed by atoms with E-state index in [0.29, 0.717) is 21.8 Å². The van der Waals surface area contributed by atoms with Crippen LogP contribution in [0.15, 0.2) is 109 Å². The van der Waals surface area contributed by atoms with Crippen LogP contribution in [0.4, 0.5) is 11.4 Å². The lowest BCUT2D eigenvalue weighted by atomic mass is 9.49. The van der Waals surface area contributed by atoms with Crippen LogP contribution in [-0.4, -0.2) is 52.5 Å². The maximum absolute atomic E-state index is 15.4. The molecule has 4 aliphatic rings. The molecule has 6 atom stereocenters. The summed E-state index contributed by atoms with van der Waals surface area (Å²) in [6, 6.07) is 26.7. The molecule has 2 heterocycles. The van der Waals surface area contributed by atoms with Crippen LogP contribution in [0.3, 0.4) is 0 Å². The van der Waals surface area contributed by atoms with Gasteiger partial charge in [-0.25, -0.2) is 4.90 Å². The smallest absolute Gasteiger partial charge is 0.488 e. The van der Waals surface area contributed by atoms with Gasteiger partial charge in [0, 0.05) is 10.9 Å². The van der Waals surface area contributed by atoms with Crippen molar-refractivity contribution in [2.24, 2.45) is 23.7 Å². The number of benzene rings is 4. The standard InChI is InChI=1S/C40H34BClN2O8/c1-2-52-33-18-22(14-17-32(33)45)35-28-15-16-29-34(38(48)43(36(29)46)26-12-6-10-24(19-26)41(50)51)30(28)21-31-37(47)44(27-13-7-11-25(42)20-27)39(49)40(31,35)23-8-4-3-5-9-23/h3-15,17-20,29-31,34-35,45,50-51H,2,16,21H2,1H3/t29-,30+,31-,34-,35-,40+/m0/s1. The number of nitrogens with zero attached hydrogens (tertiary/aromatic N) is 2. The first kappa shape index (κ1) is 33.9. The Labute approximate surface area is 305 Å². The van der Waals surface area contributed by atoms with Gasteiger partial charge < -0.3 is 19.9 Å². The zero-order valence-corrected chi connectivity index (χ0v) is 28.8. The van der Waals surface area contributed by atoms with Crippen LogP contribution in [0, 0.1) is 23.7 Å². The molecule has 0 spiro atoms. The highest BCUT2D eigenvalue weighted by molar-refractivity contribution is 6.58. The largest absolute Gasteiger partial charge is 0.504 e. The summed E-state index contributed by atoms with van der Waals surface area (Å²) in [5.74, 6) is -5.57. The minimum absolute atomic E-state index is 0.0854. The van der Waals surface area contributed by atoms with Gasteiger partial charge in [-0.05, 0) is 84.7 Å². The molecule has 12 heteroatoms. The van der Waals surface area contributed by atoms with Gasteiger partial charge in [0.15, 0.2) is 11.5 Å². The van der Waals surface area contributed by atoms with Crippen LogP contribution < -0.4 is 20.0 Å². The van der Waals surface area contributed by atoms with Gasteiger partial charge in [-0.15, -0.1) is 0 Å². The van der Waals surface area contributed by atoms with Gasteiger partial charge in [0.2, 0.25) is 23.6 Å². The van der Waals surface area contributed by atoms with Gasteiger partial charge in [-0.3, -0.25) is 24.1 Å². The van der Waals surface area contributed by atoms with Gasteiger partial charge in [0.05, 0.1) is 41.2 Å². The number of hydrogen-bond acceptors (Lipinski definition) is 8. The molecule has 3 fully saturated rings. The van der Waals surface area contributed by atoms with Gasteiger partial charge >= 0.3 is 7.12 Å². The number of anilines is 2. The maximum atomic E-state index is 15.4. The maximum Gasteiger partial charge on any atom is 0.488 e. The molecule has 0 bridgehead atoms. The highest BCUT2D eigenvalue weighted by atomic mass is 35.5. The van der Waals surface area contributed by atoms with E-state index < -0.39 is 65.8 Å². The molecule has 262 valence electrons. The minimum Gasteiger partial charge on any atom is -0.504 e. The van der Waals surface area contributed by atoms with E-state index in [1.165, 1.54) is 23.1 Å². The van der Waals surface area contributed by atoms with Crippen molar-refractivity contribution in [2.45, 2.75) is 31.1 Å². The topological polar surface area (TPSA) is 145 Å². The zero-order valence-electron chi connectivity index (χ0n) is 28.1. The number of phenols is 1. The molecule has 0 radical (unpaired) electrons. The number of carbonyl (C=O) groups is 4. The second-order valence-electron chi connectivity index (χ2n) is 13.7. The predicted octanol–water partition coefficient (Wildman–Crippen LogP) is 4.49. The number of fused-ring (bicyclic) bond motifs is 4. The minimum atomic E-state index is -1.80. The predicted molar refractivity (Wildman–Crippen MR) is 194 cm³/mol. The monoisotopic (exact) mass is 716 g/mol. The van der Waals surface area contributed by atoms with Crippen molar-refractivity contribution in [2.75, 3.05) is 16.4 Å². The van der Waals surface area contributed by atoms with Gasteiger partial charge in [-0.2, -0.15) is 0 Å². The van der Waals surface area contributed by atoms with Crippen molar-refractivity contribution in [3.8, 4) is 11.5 Å². The lowest BCUT2D eigenvalue weighted by Gasteiger charge is -2.50. The molecule has 2 aliphatic heterocycles. The van der Waals surface area contributed by atoms with E-state index in [2.05, 4.69) is 0 Å². The Hall–Kier alpha value is -5.23. The first-order valence-electron chi connectivity index (χ1n) is 17.3. The van der Waals surface area contributed by atoms with Gasteiger partial charge in [0.1, 0.15) is 0 Å². The summed E-state index contributed by atoms with van der Waals surface area (Å²) >= 11 is 6.39. The van der Waals surface area contributed by atoms with Crippen LogP contribution in [0.25, 0.3) is 0 Å². The molecule has 4 amide bonds. The number of aromatic hydroxyl groups is 1. The summed E-state index contributed by atoms with van der Waals surface area (Å²) in [5.41, 5.74) is 1.18. The number of rotatable bonds is 7. The number of allylic oxidation sites excluding steroid dienone is 2. The van der Waals surface area contributed by atoms with Gasteiger partial charge in [0.25, 0.3) is 0 Å². The molecule has 0 aromatic heterocycles. The van der Waals surface area contributed by atoms with Crippen LogP contribution in [0.2, 0.25) is 5.02 Å². The average Bonchev–Trinajstić information content (AvgIpc) is 3.53. The SMILES string of the molecule is CCOc1cc([C@H]2C3=CC[C@@H]4C(=O)N(c5cccc(B(O)O)c5)C(=O)[C@@H]4[C@@H]3C[C@H]3C(=O)N(c4cccc(Cl)c4)C(=O)[C@@]23c2ccccc2)ccc1O. The average molecular weight is 717 g/mol. The molecule has 4 aromatic rings. The molecule has 10 nitrogen and oxygen atoms in total. The van der Waals surface area contributed by atoms with Crippen LogP contribution in [0.5, 0.6) is 11.5 Å². The molecule has 4 aromatic carbocycles. The molecule has 52 heavy (non-hydrogen) atoms. The number of phenolic OH excluding ortho intramolecular Hbond substituents is 1. The van der Waals surface area contributed by atoms with Crippen LogP contribution in [-0.2, 0) is 24.6 Å². The van der Waals surface area contributed by atoms with E-state index in [4.69, 9.17) is 16.3 Å². The summed E-state index contributed by atoms with van der Waals surface area (Å²) in [7, 11) is -1.80. The first-order chi connectivity index (χ1) is 25.1. The number of ether oxygens (including phenoxy) is 1. The fourth-order valence-corrected chi connectivity index (χ4v) is 9.36. The number of amides is 4. The fourth-order valence-electron chi connectivity index (χ4n) is 9.18. The van der Waals surface area contributed by atoms with Crippen LogP contribution >= 0.6 is 11.6 Å². The third kappa shape index (κ3) is 4.94. The van der Waals surface area contributed by atoms with E-state index >= 15 is 4.79 Å². The highest BCUT2D eigenvalue weighted by Gasteiger charge is 2.70. The van der Waals surface area contributed by atoms with E-state index in [9.17, 15) is 29.5 Å². The summed E-state index contributed by atoms with van der Waals surface area (Å²) in [6.45, 7) is 2.06. The second-order valence-corrected chi connectivity index (χ2v) is 14.2. The normalized spacial score (nSPS) is 26.5. The van der Waals surface area contributed by atoms with Crippen LogP contribution in [0.1, 0.15) is 36.8 Å². The lowest BCUT2D eigenvalue weighted by molar-refractivity contribution is -0.127. The molecule has 8 rings (SSSR count). The Morgan fingerprint density at radius 1 is 0.827 bits per heavy atom. The number of halogens is 1. The summed E-state index contributed by atoms with van der Waals surface area (Å²) < 4.78 is 5.81. The quantitative estimate of drug-likeness (QED) is 0.144. The van der Waals surface area contributed by atoms with Crippen molar-refractivity contribution >= 4 is 59.2 Å². The third-order valence-electron chi connectivity index (χ3n) is 11.2. The summed E-state index contributed by atoms with van der Waals surface area (Å²) in [5, 5.41) is 30.8. The van der Waals surface area contributed by atoms with E-state index in [1.807, 2.05) is 36.4 Å². The second kappa shape index (κ2) is 12.8. The Morgan fingerprint density at radius 3 is 2.27 bits per heavy atom. The molecule has 3 N–H and O–H groups in total. The Bertz CT molecular complexity index is 2180. The van der Waals surface area contributed by atoms with E-state index in [0.717, 1.165) is 10.5 Å². The lowest BCUT2D eigenvalue weighted by Crippen LogP contribution is -2.53. The zero-order chi connectivity index (χ0) is 36.5. The van der Waals surface area contributed by atoms with E-state index in [-0.39, 0.29) is 42.1 Å². The van der Waals surface area contributed by atoms with E-state index in [1.54, 1.807) is 55.5 Å². The third-order valence-corrected chi connectivity index (χ3v) is 11.4. The Morgan fingerprint density at radius 2 is 1.56 bits per heavy atom. The fraction of sp³-hybridized carbons (Fsp3) is 0.250. The summed E-state index contributed by atoms with van der Waals surface area (Å²) in [4.78, 5) is 61.2. The van der Waals surface area contributed by atoms with Gasteiger partial charge in [-0.1, -0.05) is 77.8 Å². The van der Waals surface area contributed by atoms with Crippen molar-refractivity contribution in [1.29, 1.82) is 0 Å². The van der Waals surface area contributed by atoms with Crippen molar-refractivity contribution in [3.05, 3.63) is 125 Å². The highest BCUT2D eigenvalue weighted by Crippen LogP contribution is 2.64. The molecule has 2 saturated heterocycles. The molecular formula is C40H34BClN2O8.